The molecule has 0 amide bonds. The molecule has 182 valence electrons. The molecule has 1 aliphatic heterocycles. The molecular weight excluding hydrogens is 468 g/mol. The molecule has 0 radical (unpaired) electrons. The molecule has 3 aromatic carbocycles. The highest BCUT2D eigenvalue weighted by atomic mass is 32.1. The van der Waals surface area contributed by atoms with Crippen molar-refractivity contribution in [3.8, 4) is 17.1 Å². The topological polar surface area (TPSA) is 63.4 Å². The van der Waals surface area contributed by atoms with Crippen LogP contribution in [0, 0.1) is 6.92 Å². The lowest BCUT2D eigenvalue weighted by atomic mass is 9.94. The number of benzene rings is 3. The third-order valence-electron chi connectivity index (χ3n) is 6.50. The van der Waals surface area contributed by atoms with Crippen LogP contribution in [0.1, 0.15) is 42.5 Å². The van der Waals surface area contributed by atoms with Crippen molar-refractivity contribution in [2.24, 2.45) is 0 Å². The van der Waals surface area contributed by atoms with Crippen LogP contribution in [0.5, 0.6) is 5.75 Å². The van der Waals surface area contributed by atoms with E-state index in [0.717, 1.165) is 40.3 Å². The standard InChI is InChI=1S/C29H28N4O2S/c1-5-20-8-14-23(15-9-20)33-19(3)25(26(30-29(33)36)21-12-16-24(34-4)17-13-21)28-31-27(32-35-28)22-10-6-18(2)7-11-22/h6-17,26H,5H2,1-4H3,(H,30,36). The van der Waals surface area contributed by atoms with Gasteiger partial charge in [-0.05, 0) is 67.9 Å². The Kier molecular flexibility index (Phi) is 6.57. The zero-order valence-corrected chi connectivity index (χ0v) is 21.6. The number of methoxy groups -OCH3 is 1. The van der Waals surface area contributed by atoms with Crippen LogP contribution in [-0.2, 0) is 6.42 Å². The molecule has 1 unspecified atom stereocenters. The van der Waals surface area contributed by atoms with Gasteiger partial charge in [-0.3, -0.25) is 4.90 Å². The second-order valence-corrected chi connectivity index (χ2v) is 9.19. The molecule has 2 heterocycles. The monoisotopic (exact) mass is 496 g/mol. The molecule has 1 N–H and O–H groups in total. The normalized spacial score (nSPS) is 15.7. The number of aromatic nitrogens is 2. The van der Waals surface area contributed by atoms with Gasteiger partial charge in [0, 0.05) is 16.9 Å². The van der Waals surface area contributed by atoms with Crippen LogP contribution in [-0.4, -0.2) is 22.4 Å². The van der Waals surface area contributed by atoms with Gasteiger partial charge in [-0.15, -0.1) is 0 Å². The number of rotatable bonds is 6. The van der Waals surface area contributed by atoms with Crippen LogP contribution in [0.15, 0.2) is 83.0 Å². The second kappa shape index (κ2) is 9.95. The van der Waals surface area contributed by atoms with Crippen molar-refractivity contribution in [1.29, 1.82) is 0 Å². The summed E-state index contributed by atoms with van der Waals surface area (Å²) in [6.45, 7) is 6.24. The van der Waals surface area contributed by atoms with Crippen molar-refractivity contribution >= 4 is 28.6 Å². The highest BCUT2D eigenvalue weighted by Gasteiger charge is 2.34. The van der Waals surface area contributed by atoms with Crippen LogP contribution >= 0.6 is 12.2 Å². The first-order valence-corrected chi connectivity index (χ1v) is 12.3. The van der Waals surface area contributed by atoms with Gasteiger partial charge < -0.3 is 14.6 Å². The lowest BCUT2D eigenvalue weighted by molar-refractivity contribution is 0.404. The Balaban J connectivity index is 1.62. The van der Waals surface area contributed by atoms with Gasteiger partial charge in [0.25, 0.3) is 5.89 Å². The number of aryl methyl sites for hydroxylation is 2. The average molecular weight is 497 g/mol. The van der Waals surface area contributed by atoms with Crippen molar-refractivity contribution in [2.45, 2.75) is 33.2 Å². The third-order valence-corrected chi connectivity index (χ3v) is 6.80. The minimum atomic E-state index is -0.263. The number of nitrogens with zero attached hydrogens (tertiary/aromatic N) is 3. The molecule has 0 saturated carbocycles. The molecular formula is C29H28N4O2S. The quantitative estimate of drug-likeness (QED) is 0.306. The van der Waals surface area contributed by atoms with Crippen LogP contribution in [0.2, 0.25) is 0 Å². The van der Waals surface area contributed by atoms with Crippen LogP contribution < -0.4 is 15.0 Å². The summed E-state index contributed by atoms with van der Waals surface area (Å²) in [6, 6.07) is 24.2. The van der Waals surface area contributed by atoms with Crippen molar-refractivity contribution < 1.29 is 9.26 Å². The summed E-state index contributed by atoms with van der Waals surface area (Å²) in [5, 5.41) is 8.43. The fourth-order valence-electron chi connectivity index (χ4n) is 4.41. The molecule has 7 heteroatoms. The summed E-state index contributed by atoms with van der Waals surface area (Å²) in [6.07, 6.45) is 0.979. The molecule has 6 nitrogen and oxygen atoms in total. The molecule has 4 aromatic rings. The number of anilines is 1. The Labute approximate surface area is 216 Å². The molecule has 0 fully saturated rings. The van der Waals surface area contributed by atoms with Crippen molar-refractivity contribution in [3.63, 3.8) is 0 Å². The first-order valence-electron chi connectivity index (χ1n) is 11.9. The van der Waals surface area contributed by atoms with Gasteiger partial charge in [0.15, 0.2) is 5.11 Å². The molecule has 0 aliphatic carbocycles. The number of thiocarbonyl (C=S) groups is 1. The molecule has 0 spiro atoms. The zero-order chi connectivity index (χ0) is 25.2. The third kappa shape index (κ3) is 4.50. The Morgan fingerprint density at radius 3 is 2.31 bits per heavy atom. The Morgan fingerprint density at radius 1 is 0.972 bits per heavy atom. The van der Waals surface area contributed by atoms with E-state index in [1.54, 1.807) is 7.11 Å². The van der Waals surface area contributed by atoms with Gasteiger partial charge in [-0.1, -0.05) is 66.2 Å². The van der Waals surface area contributed by atoms with Gasteiger partial charge in [-0.2, -0.15) is 4.98 Å². The number of nitrogens with one attached hydrogen (secondary N) is 1. The molecule has 0 saturated heterocycles. The van der Waals surface area contributed by atoms with Gasteiger partial charge in [0.2, 0.25) is 5.82 Å². The van der Waals surface area contributed by atoms with Gasteiger partial charge >= 0.3 is 0 Å². The number of hydrogen-bond acceptors (Lipinski definition) is 5. The average Bonchev–Trinajstić information content (AvgIpc) is 3.39. The van der Waals surface area contributed by atoms with E-state index in [0.29, 0.717) is 16.8 Å². The van der Waals surface area contributed by atoms with E-state index in [1.165, 1.54) is 11.1 Å². The Bertz CT molecular complexity index is 1410. The maximum absolute atomic E-state index is 5.86. The molecule has 5 rings (SSSR count). The number of hydrogen-bond donors (Lipinski definition) is 1. The van der Waals surface area contributed by atoms with E-state index in [2.05, 4.69) is 48.6 Å². The minimum Gasteiger partial charge on any atom is -0.497 e. The maximum Gasteiger partial charge on any atom is 0.258 e. The molecule has 1 aromatic heterocycles. The first-order chi connectivity index (χ1) is 17.5. The largest absolute Gasteiger partial charge is 0.497 e. The van der Waals surface area contributed by atoms with Crippen molar-refractivity contribution in [2.75, 3.05) is 12.0 Å². The summed E-state index contributed by atoms with van der Waals surface area (Å²) in [5.74, 6) is 1.79. The first kappa shape index (κ1) is 23.8. The van der Waals surface area contributed by atoms with Gasteiger partial charge in [0.05, 0.1) is 18.7 Å². The summed E-state index contributed by atoms with van der Waals surface area (Å²) in [4.78, 5) is 6.83. The zero-order valence-electron chi connectivity index (χ0n) is 20.8. The summed E-state index contributed by atoms with van der Waals surface area (Å²) in [7, 11) is 1.66. The summed E-state index contributed by atoms with van der Waals surface area (Å²) < 4.78 is 11.2. The lowest BCUT2D eigenvalue weighted by Gasteiger charge is -2.37. The molecule has 0 bridgehead atoms. The van der Waals surface area contributed by atoms with E-state index in [9.17, 15) is 0 Å². The Hall–Kier alpha value is -3.97. The fourth-order valence-corrected chi connectivity index (χ4v) is 4.77. The Morgan fingerprint density at radius 2 is 1.67 bits per heavy atom. The van der Waals surface area contributed by atoms with Crippen LogP contribution in [0.4, 0.5) is 5.69 Å². The number of allylic oxidation sites excluding steroid dienone is 1. The van der Waals surface area contributed by atoms with E-state index in [-0.39, 0.29) is 6.04 Å². The highest BCUT2D eigenvalue weighted by Crippen LogP contribution is 2.39. The van der Waals surface area contributed by atoms with E-state index >= 15 is 0 Å². The van der Waals surface area contributed by atoms with Crippen molar-refractivity contribution in [3.05, 3.63) is 101 Å². The highest BCUT2D eigenvalue weighted by molar-refractivity contribution is 7.80. The SMILES string of the molecule is CCc1ccc(N2C(=S)NC(c3ccc(OC)cc3)C(c3nc(-c4ccc(C)cc4)no3)=C2C)cc1. The van der Waals surface area contributed by atoms with E-state index in [4.69, 9.17) is 26.5 Å². The van der Waals surface area contributed by atoms with E-state index in [1.807, 2.05) is 60.4 Å². The predicted molar refractivity (Wildman–Crippen MR) is 147 cm³/mol. The molecule has 36 heavy (non-hydrogen) atoms. The van der Waals surface area contributed by atoms with Crippen molar-refractivity contribution in [1.82, 2.24) is 15.5 Å². The summed E-state index contributed by atoms with van der Waals surface area (Å²) in [5.41, 5.74) is 7.15. The van der Waals surface area contributed by atoms with E-state index < -0.39 is 0 Å². The molecule has 1 aliphatic rings. The van der Waals surface area contributed by atoms with Crippen LogP contribution in [0.3, 0.4) is 0 Å². The fraction of sp³-hybridized carbons (Fsp3) is 0.207. The number of ether oxygens (including phenoxy) is 1. The van der Waals surface area contributed by atoms with Crippen LogP contribution in [0.25, 0.3) is 17.0 Å². The maximum atomic E-state index is 5.86. The summed E-state index contributed by atoms with van der Waals surface area (Å²) >= 11 is 5.86. The second-order valence-electron chi connectivity index (χ2n) is 8.80. The van der Waals surface area contributed by atoms with Gasteiger partial charge in [0.1, 0.15) is 5.75 Å². The minimum absolute atomic E-state index is 0.263. The smallest absolute Gasteiger partial charge is 0.258 e. The molecule has 1 atom stereocenters. The lowest BCUT2D eigenvalue weighted by Crippen LogP contribution is -2.46. The predicted octanol–water partition coefficient (Wildman–Crippen LogP) is 6.48. The van der Waals surface area contributed by atoms with Gasteiger partial charge in [-0.25, -0.2) is 0 Å².